The van der Waals surface area contributed by atoms with Crippen LogP contribution in [0.5, 0.6) is 0 Å². The van der Waals surface area contributed by atoms with Crippen LogP contribution < -0.4 is 10.4 Å². The molecule has 144 valence electrons. The highest BCUT2D eigenvalue weighted by Crippen LogP contribution is 2.37. The maximum absolute atomic E-state index is 10.2. The molecule has 3 rings (SSSR count). The highest BCUT2D eigenvalue weighted by Gasteiger charge is 2.51. The standard InChI is InChI=1S/C23H27BO3Si/c1-5-19-20(27-22(24)21(19)25)16-26-28(23(2,3)4,17-12-8-6-9-13-17)18-14-10-7-11-15-18/h1,6-15,19-22,25H,16H2,2-4H3/t19-,20-,21-,22-/m1/s1. The van der Waals surface area contributed by atoms with Gasteiger partial charge >= 0.3 is 0 Å². The molecule has 0 spiro atoms. The Morgan fingerprint density at radius 3 is 2.00 bits per heavy atom. The summed E-state index contributed by atoms with van der Waals surface area (Å²) in [4.78, 5) is 0. The van der Waals surface area contributed by atoms with Crippen molar-refractivity contribution in [1.29, 1.82) is 0 Å². The van der Waals surface area contributed by atoms with E-state index in [1.54, 1.807) is 0 Å². The normalized spacial score (nSPS) is 25.4. The van der Waals surface area contributed by atoms with Crippen LogP contribution in [0, 0.1) is 18.3 Å². The first-order chi connectivity index (χ1) is 13.3. The first-order valence-electron chi connectivity index (χ1n) is 9.61. The Labute approximate surface area is 170 Å². The lowest BCUT2D eigenvalue weighted by atomic mass is 9.88. The number of aliphatic hydroxyl groups excluding tert-OH is 1. The molecule has 2 radical (unpaired) electrons. The van der Waals surface area contributed by atoms with Crippen molar-refractivity contribution in [2.24, 2.45) is 5.92 Å². The van der Waals surface area contributed by atoms with Crippen molar-refractivity contribution in [3.8, 4) is 12.3 Å². The number of terminal acetylenes is 1. The topological polar surface area (TPSA) is 38.7 Å². The summed E-state index contributed by atoms with van der Waals surface area (Å²) in [7, 11) is 3.20. The van der Waals surface area contributed by atoms with Crippen LogP contribution in [0.25, 0.3) is 0 Å². The molecule has 28 heavy (non-hydrogen) atoms. The van der Waals surface area contributed by atoms with Gasteiger partial charge < -0.3 is 14.3 Å². The van der Waals surface area contributed by atoms with E-state index in [2.05, 4.69) is 51.0 Å². The van der Waals surface area contributed by atoms with E-state index in [0.717, 1.165) is 0 Å². The summed E-state index contributed by atoms with van der Waals surface area (Å²) in [5, 5.41) is 12.5. The zero-order valence-electron chi connectivity index (χ0n) is 16.7. The van der Waals surface area contributed by atoms with Crippen molar-refractivity contribution in [3.05, 3.63) is 60.7 Å². The SMILES string of the molecule is [B][C@@H]1O[C@H](CO[Si](c2ccccc2)(c2ccccc2)C(C)(C)C)[C@@H](C#C)[C@H]1O. The fourth-order valence-electron chi connectivity index (χ4n) is 4.11. The van der Waals surface area contributed by atoms with E-state index in [-0.39, 0.29) is 11.6 Å². The van der Waals surface area contributed by atoms with Gasteiger partial charge in [-0.3, -0.25) is 0 Å². The minimum Gasteiger partial charge on any atom is -0.405 e. The molecular weight excluding hydrogens is 363 g/mol. The predicted octanol–water partition coefficient (Wildman–Crippen LogP) is 2.07. The van der Waals surface area contributed by atoms with E-state index in [4.69, 9.17) is 23.4 Å². The van der Waals surface area contributed by atoms with Crippen molar-refractivity contribution >= 4 is 26.5 Å². The van der Waals surface area contributed by atoms with Crippen LogP contribution in [-0.2, 0) is 9.16 Å². The number of hydrogen-bond donors (Lipinski definition) is 1. The van der Waals surface area contributed by atoms with Crippen molar-refractivity contribution in [2.75, 3.05) is 6.61 Å². The Bertz CT molecular complexity index is 774. The molecule has 1 N–H and O–H groups in total. The largest absolute Gasteiger partial charge is 0.405 e. The molecule has 0 unspecified atom stereocenters. The second kappa shape index (κ2) is 8.26. The Kier molecular flexibility index (Phi) is 6.16. The van der Waals surface area contributed by atoms with Gasteiger partial charge in [-0.2, -0.15) is 0 Å². The van der Waals surface area contributed by atoms with Crippen LogP contribution in [0.4, 0.5) is 0 Å². The van der Waals surface area contributed by atoms with E-state index in [1.807, 2.05) is 36.4 Å². The van der Waals surface area contributed by atoms with Gasteiger partial charge in [0.1, 0.15) is 7.85 Å². The predicted molar refractivity (Wildman–Crippen MR) is 116 cm³/mol. The molecule has 3 nitrogen and oxygen atoms in total. The number of aliphatic hydroxyl groups is 1. The molecule has 0 amide bonds. The third-order valence-corrected chi connectivity index (χ3v) is 10.5. The van der Waals surface area contributed by atoms with Gasteiger partial charge in [-0.25, -0.2) is 0 Å². The molecule has 1 fully saturated rings. The van der Waals surface area contributed by atoms with Crippen molar-refractivity contribution in [3.63, 3.8) is 0 Å². The van der Waals surface area contributed by atoms with Crippen molar-refractivity contribution in [2.45, 2.75) is 44.0 Å². The van der Waals surface area contributed by atoms with Gasteiger partial charge in [0.05, 0.1) is 24.7 Å². The molecule has 4 atom stereocenters. The van der Waals surface area contributed by atoms with E-state index in [1.165, 1.54) is 10.4 Å². The molecular formula is C23H27BO3Si. The quantitative estimate of drug-likeness (QED) is 0.628. The van der Waals surface area contributed by atoms with Gasteiger partial charge in [-0.05, 0) is 15.4 Å². The van der Waals surface area contributed by atoms with Crippen LogP contribution in [-0.4, -0.2) is 46.1 Å². The average Bonchev–Trinajstić information content (AvgIpc) is 2.96. The summed E-state index contributed by atoms with van der Waals surface area (Å²) in [6.07, 6.45) is 4.32. The zero-order valence-corrected chi connectivity index (χ0v) is 17.7. The van der Waals surface area contributed by atoms with E-state index in [0.29, 0.717) is 0 Å². The molecule has 0 saturated carbocycles. The summed E-state index contributed by atoms with van der Waals surface area (Å²) < 4.78 is 12.6. The lowest BCUT2D eigenvalue weighted by molar-refractivity contribution is 0.0317. The number of benzene rings is 2. The molecule has 1 aliphatic heterocycles. The molecule has 0 bridgehead atoms. The zero-order chi connectivity index (χ0) is 20.4. The first kappa shape index (κ1) is 20.9. The van der Waals surface area contributed by atoms with Crippen molar-refractivity contribution in [1.82, 2.24) is 0 Å². The van der Waals surface area contributed by atoms with Gasteiger partial charge in [-0.15, -0.1) is 6.42 Å². The minimum absolute atomic E-state index is 0.138. The summed E-state index contributed by atoms with van der Waals surface area (Å²) >= 11 is 0. The van der Waals surface area contributed by atoms with E-state index >= 15 is 0 Å². The third kappa shape index (κ3) is 3.70. The minimum atomic E-state index is -2.67. The van der Waals surface area contributed by atoms with Gasteiger partial charge in [-0.1, -0.05) is 87.4 Å². The average molecular weight is 390 g/mol. The Morgan fingerprint density at radius 2 is 1.57 bits per heavy atom. The fraction of sp³-hybridized carbons (Fsp3) is 0.391. The van der Waals surface area contributed by atoms with Gasteiger partial charge in [0.2, 0.25) is 0 Å². The molecule has 5 heteroatoms. The highest BCUT2D eigenvalue weighted by molar-refractivity contribution is 6.99. The van der Waals surface area contributed by atoms with Gasteiger partial charge in [0.25, 0.3) is 8.32 Å². The molecule has 1 aliphatic rings. The maximum Gasteiger partial charge on any atom is 0.261 e. The number of ether oxygens (including phenoxy) is 1. The van der Waals surface area contributed by atoms with E-state index < -0.39 is 32.4 Å². The monoisotopic (exact) mass is 390 g/mol. The lowest BCUT2D eigenvalue weighted by Gasteiger charge is -2.43. The summed E-state index contributed by atoms with van der Waals surface area (Å²) in [5.74, 6) is 2.15. The molecule has 1 saturated heterocycles. The second-order valence-electron chi connectivity index (χ2n) is 8.30. The van der Waals surface area contributed by atoms with Crippen LogP contribution in [0.3, 0.4) is 0 Å². The molecule has 0 aromatic heterocycles. The maximum atomic E-state index is 10.2. The molecule has 1 heterocycles. The third-order valence-electron chi connectivity index (χ3n) is 5.51. The van der Waals surface area contributed by atoms with Gasteiger partial charge in [0, 0.05) is 6.00 Å². The summed E-state index contributed by atoms with van der Waals surface area (Å²) in [6, 6.07) is 20.0. The first-order valence-corrected chi connectivity index (χ1v) is 11.5. The van der Waals surface area contributed by atoms with Gasteiger partial charge in [0.15, 0.2) is 0 Å². The number of hydrogen-bond acceptors (Lipinski definition) is 3. The van der Waals surface area contributed by atoms with Crippen LogP contribution in [0.15, 0.2) is 60.7 Å². The summed E-state index contributed by atoms with van der Waals surface area (Å²) in [5.41, 5.74) is 0. The fourth-order valence-corrected chi connectivity index (χ4v) is 8.68. The molecule has 2 aromatic rings. The van der Waals surface area contributed by atoms with Crippen LogP contribution in [0.2, 0.25) is 5.04 Å². The van der Waals surface area contributed by atoms with Crippen LogP contribution in [0.1, 0.15) is 20.8 Å². The number of rotatable bonds is 5. The molecule has 0 aliphatic carbocycles. The molecule has 2 aromatic carbocycles. The van der Waals surface area contributed by atoms with Crippen LogP contribution >= 0.6 is 0 Å². The second-order valence-corrected chi connectivity index (χ2v) is 12.6. The van der Waals surface area contributed by atoms with E-state index in [9.17, 15) is 5.11 Å². The summed E-state index contributed by atoms with van der Waals surface area (Å²) in [6.45, 7) is 6.93. The van der Waals surface area contributed by atoms with Crippen molar-refractivity contribution < 1.29 is 14.3 Å². The smallest absolute Gasteiger partial charge is 0.261 e. The Balaban J connectivity index is 2.03. The Morgan fingerprint density at radius 1 is 1.07 bits per heavy atom. The highest BCUT2D eigenvalue weighted by atomic mass is 28.4. The lowest BCUT2D eigenvalue weighted by Crippen LogP contribution is -2.67. The Hall–Kier alpha value is -1.84.